The molecule has 0 radical (unpaired) electrons. The van der Waals surface area contributed by atoms with Crippen LogP contribution in [0.15, 0.2) is 12.1 Å². The maximum atomic E-state index is 11.8. The number of hydrogen-bond acceptors (Lipinski definition) is 7. The number of nitrogens with two attached hydrogens (primary N) is 1. The van der Waals surface area contributed by atoms with Crippen LogP contribution in [0, 0.1) is 10.1 Å². The number of hydrogen-bond donors (Lipinski definition) is 2. The van der Waals surface area contributed by atoms with E-state index in [4.69, 9.17) is 10.5 Å². The van der Waals surface area contributed by atoms with Gasteiger partial charge in [0.05, 0.1) is 11.0 Å². The molecule has 1 aliphatic heterocycles. The van der Waals surface area contributed by atoms with Gasteiger partial charge in [-0.1, -0.05) is 0 Å². The maximum Gasteiger partial charge on any atom is 0.407 e. The second kappa shape index (κ2) is 6.27. The van der Waals surface area contributed by atoms with Gasteiger partial charge in [0, 0.05) is 19.2 Å². The summed E-state index contributed by atoms with van der Waals surface area (Å²) in [5, 5.41) is 13.6. The third-order valence-corrected chi connectivity index (χ3v) is 3.32. The summed E-state index contributed by atoms with van der Waals surface area (Å²) in [4.78, 5) is 27.9. The van der Waals surface area contributed by atoms with Crippen LogP contribution >= 0.6 is 0 Å². The number of ether oxygens (including phenoxy) is 1. The van der Waals surface area contributed by atoms with E-state index in [1.807, 2.05) is 4.90 Å². The smallest absolute Gasteiger partial charge is 0.407 e. The molecular weight excluding hydrogens is 302 g/mol. The van der Waals surface area contributed by atoms with Crippen molar-refractivity contribution in [1.29, 1.82) is 0 Å². The number of nitrogen functional groups attached to an aromatic ring is 1. The van der Waals surface area contributed by atoms with Gasteiger partial charge in [-0.2, -0.15) is 0 Å². The molecule has 9 nitrogen and oxygen atoms in total. The molecule has 1 atom stereocenters. The summed E-state index contributed by atoms with van der Waals surface area (Å²) in [6.45, 7) is 6.62. The van der Waals surface area contributed by atoms with Crippen LogP contribution in [0.4, 0.5) is 22.1 Å². The zero-order valence-electron chi connectivity index (χ0n) is 13.4. The van der Waals surface area contributed by atoms with Gasteiger partial charge in [-0.15, -0.1) is 0 Å². The highest BCUT2D eigenvalue weighted by Crippen LogP contribution is 2.25. The van der Waals surface area contributed by atoms with Crippen LogP contribution in [0.25, 0.3) is 0 Å². The summed E-state index contributed by atoms with van der Waals surface area (Å²) in [7, 11) is 0. The zero-order valence-corrected chi connectivity index (χ0v) is 13.4. The summed E-state index contributed by atoms with van der Waals surface area (Å²) in [5.74, 6) is 0.442. The van der Waals surface area contributed by atoms with Gasteiger partial charge >= 0.3 is 11.8 Å². The van der Waals surface area contributed by atoms with Crippen LogP contribution < -0.4 is 16.0 Å². The van der Waals surface area contributed by atoms with Crippen LogP contribution in [0.3, 0.4) is 0 Å². The van der Waals surface area contributed by atoms with E-state index in [0.29, 0.717) is 18.9 Å². The molecule has 0 saturated carbocycles. The average molecular weight is 323 g/mol. The Kier molecular flexibility index (Phi) is 4.57. The van der Waals surface area contributed by atoms with Crippen LogP contribution in [-0.4, -0.2) is 40.7 Å². The SMILES string of the molecule is CC(C)(C)OC(=O)NC1CCN(c2ccc([N+](=O)[O-])c(N)n2)C1. The standard InChI is InChI=1S/C14H21N5O4/c1-14(2,3)23-13(20)16-9-6-7-18(8-9)11-5-4-10(19(21)22)12(15)17-11/h4-5,9H,6-8H2,1-3H3,(H2,15,17)(H,16,20). The molecule has 1 aromatic heterocycles. The molecular formula is C14H21N5O4. The van der Waals surface area contributed by atoms with Gasteiger partial charge < -0.3 is 20.7 Å². The highest BCUT2D eigenvalue weighted by Gasteiger charge is 2.27. The van der Waals surface area contributed by atoms with Crippen molar-refractivity contribution in [3.8, 4) is 0 Å². The minimum absolute atomic E-state index is 0.0666. The van der Waals surface area contributed by atoms with E-state index in [1.54, 1.807) is 26.8 Å². The fourth-order valence-electron chi connectivity index (χ4n) is 2.35. The van der Waals surface area contributed by atoms with Gasteiger partial charge in [0.15, 0.2) is 0 Å². The van der Waals surface area contributed by atoms with E-state index in [-0.39, 0.29) is 17.5 Å². The summed E-state index contributed by atoms with van der Waals surface area (Å²) >= 11 is 0. The lowest BCUT2D eigenvalue weighted by Crippen LogP contribution is -2.40. The molecule has 23 heavy (non-hydrogen) atoms. The maximum absolute atomic E-state index is 11.8. The molecule has 1 fully saturated rings. The largest absolute Gasteiger partial charge is 0.444 e. The fourth-order valence-corrected chi connectivity index (χ4v) is 2.35. The summed E-state index contributed by atoms with van der Waals surface area (Å²) < 4.78 is 5.22. The van der Waals surface area contributed by atoms with E-state index in [1.165, 1.54) is 6.07 Å². The highest BCUT2D eigenvalue weighted by molar-refractivity contribution is 5.68. The normalized spacial score (nSPS) is 17.9. The molecule has 0 bridgehead atoms. The van der Waals surface area contributed by atoms with Crippen LogP contribution in [0.2, 0.25) is 0 Å². The predicted octanol–water partition coefficient (Wildman–Crippen LogP) is 1.68. The molecule has 1 aromatic rings. The van der Waals surface area contributed by atoms with Crippen molar-refractivity contribution in [1.82, 2.24) is 10.3 Å². The predicted molar refractivity (Wildman–Crippen MR) is 85.3 cm³/mol. The van der Waals surface area contributed by atoms with E-state index in [0.717, 1.165) is 6.42 Å². The molecule has 1 unspecified atom stereocenters. The van der Waals surface area contributed by atoms with E-state index >= 15 is 0 Å². The number of pyridine rings is 1. The molecule has 9 heteroatoms. The van der Waals surface area contributed by atoms with Crippen molar-refractivity contribution in [3.05, 3.63) is 22.2 Å². The van der Waals surface area contributed by atoms with E-state index in [9.17, 15) is 14.9 Å². The molecule has 1 amide bonds. The number of rotatable bonds is 3. The van der Waals surface area contributed by atoms with Gasteiger partial charge in [-0.3, -0.25) is 10.1 Å². The summed E-state index contributed by atoms with van der Waals surface area (Å²) in [6, 6.07) is 2.83. The first-order chi connectivity index (χ1) is 10.7. The lowest BCUT2D eigenvalue weighted by atomic mass is 10.2. The van der Waals surface area contributed by atoms with Gasteiger partial charge in [0.1, 0.15) is 11.4 Å². The Morgan fingerprint density at radius 1 is 1.52 bits per heavy atom. The van der Waals surface area contributed by atoms with Crippen LogP contribution in [-0.2, 0) is 4.74 Å². The lowest BCUT2D eigenvalue weighted by Gasteiger charge is -2.22. The minimum Gasteiger partial charge on any atom is -0.444 e. The number of aromatic nitrogens is 1. The highest BCUT2D eigenvalue weighted by atomic mass is 16.6. The molecule has 0 aliphatic carbocycles. The second-order valence-corrected chi connectivity index (χ2v) is 6.41. The Hall–Kier alpha value is -2.58. The van der Waals surface area contributed by atoms with Crippen molar-refractivity contribution in [2.75, 3.05) is 23.7 Å². The van der Waals surface area contributed by atoms with Crippen LogP contribution in [0.1, 0.15) is 27.2 Å². The Morgan fingerprint density at radius 3 is 2.78 bits per heavy atom. The number of nitrogens with zero attached hydrogens (tertiary/aromatic N) is 3. The first-order valence-electron chi connectivity index (χ1n) is 7.31. The molecule has 1 aliphatic rings. The van der Waals surface area contributed by atoms with Gasteiger partial charge in [-0.05, 0) is 33.3 Å². The van der Waals surface area contributed by atoms with E-state index in [2.05, 4.69) is 10.3 Å². The monoisotopic (exact) mass is 323 g/mol. The minimum atomic E-state index is -0.567. The third kappa shape index (κ3) is 4.44. The molecule has 1 saturated heterocycles. The van der Waals surface area contributed by atoms with Crippen molar-refractivity contribution in [3.63, 3.8) is 0 Å². The number of carbonyl (C=O) groups excluding carboxylic acids is 1. The first kappa shape index (κ1) is 16.8. The fraction of sp³-hybridized carbons (Fsp3) is 0.571. The molecule has 2 rings (SSSR count). The van der Waals surface area contributed by atoms with Gasteiger partial charge in [0.25, 0.3) is 0 Å². The average Bonchev–Trinajstić information content (AvgIpc) is 2.84. The quantitative estimate of drug-likeness (QED) is 0.640. The van der Waals surface area contributed by atoms with Gasteiger partial charge in [0.2, 0.25) is 5.82 Å². The molecule has 126 valence electrons. The Morgan fingerprint density at radius 2 is 2.22 bits per heavy atom. The number of carbonyl (C=O) groups is 1. The number of nitrogens with one attached hydrogen (secondary N) is 1. The summed E-state index contributed by atoms with van der Waals surface area (Å²) in [6.07, 6.45) is 0.276. The molecule has 3 N–H and O–H groups in total. The Labute approximate surface area is 134 Å². The van der Waals surface area contributed by atoms with Crippen LogP contribution in [0.5, 0.6) is 0 Å². The molecule has 0 aromatic carbocycles. The van der Waals surface area contributed by atoms with E-state index < -0.39 is 16.6 Å². The molecule has 0 spiro atoms. The third-order valence-electron chi connectivity index (χ3n) is 3.32. The molecule has 2 heterocycles. The van der Waals surface area contributed by atoms with Crippen molar-refractivity contribution >= 4 is 23.4 Å². The Balaban J connectivity index is 1.96. The van der Waals surface area contributed by atoms with Crippen molar-refractivity contribution in [2.45, 2.75) is 38.8 Å². The number of alkyl carbamates (subject to hydrolysis) is 1. The Bertz CT molecular complexity index is 614. The topological polar surface area (TPSA) is 124 Å². The zero-order chi connectivity index (χ0) is 17.2. The second-order valence-electron chi connectivity index (χ2n) is 6.41. The first-order valence-corrected chi connectivity index (χ1v) is 7.31. The number of amides is 1. The van der Waals surface area contributed by atoms with Gasteiger partial charge in [-0.25, -0.2) is 9.78 Å². The number of anilines is 2. The van der Waals surface area contributed by atoms with Crippen molar-refractivity contribution in [2.24, 2.45) is 0 Å². The summed E-state index contributed by atoms with van der Waals surface area (Å²) in [5.41, 5.74) is 4.85. The lowest BCUT2D eigenvalue weighted by molar-refractivity contribution is -0.384. The van der Waals surface area contributed by atoms with Crippen molar-refractivity contribution < 1.29 is 14.5 Å². The number of nitro groups is 1.